The number of rotatable bonds is 6. The van der Waals surface area contributed by atoms with Crippen LogP contribution in [0.5, 0.6) is 11.5 Å². The van der Waals surface area contributed by atoms with E-state index in [1.54, 1.807) is 6.07 Å². The van der Waals surface area contributed by atoms with Crippen LogP contribution in [0.2, 0.25) is 5.02 Å². The van der Waals surface area contributed by atoms with E-state index in [1.165, 1.54) is 0 Å². The summed E-state index contributed by atoms with van der Waals surface area (Å²) in [6.07, 6.45) is 1.20. The van der Waals surface area contributed by atoms with Gasteiger partial charge < -0.3 is 14.2 Å². The molecule has 3 atom stereocenters. The van der Waals surface area contributed by atoms with Gasteiger partial charge in [-0.2, -0.15) is 0 Å². The van der Waals surface area contributed by atoms with Crippen LogP contribution < -0.4 is 9.47 Å². The van der Waals surface area contributed by atoms with E-state index in [4.69, 9.17) is 37.4 Å². The lowest BCUT2D eigenvalue weighted by molar-refractivity contribution is 0.120. The molecule has 0 bridgehead atoms. The van der Waals surface area contributed by atoms with Crippen molar-refractivity contribution >= 4 is 23.2 Å². The second-order valence-electron chi connectivity index (χ2n) is 5.23. The Morgan fingerprint density at radius 1 is 1.24 bits per heavy atom. The molecule has 1 aromatic rings. The predicted octanol–water partition coefficient (Wildman–Crippen LogP) is 4.84. The molecule has 5 heteroatoms. The summed E-state index contributed by atoms with van der Waals surface area (Å²) in [6.45, 7) is 7.73. The molecule has 1 fully saturated rings. The van der Waals surface area contributed by atoms with Crippen molar-refractivity contribution in [2.45, 2.75) is 38.7 Å². The highest BCUT2D eigenvalue weighted by molar-refractivity contribution is 6.33. The van der Waals surface area contributed by atoms with E-state index in [0.29, 0.717) is 36.3 Å². The molecule has 2 rings (SSSR count). The zero-order chi connectivity index (χ0) is 15.4. The average molecular weight is 333 g/mol. The van der Waals surface area contributed by atoms with Gasteiger partial charge in [-0.15, -0.1) is 11.6 Å². The topological polar surface area (TPSA) is 27.7 Å². The molecule has 21 heavy (non-hydrogen) atoms. The van der Waals surface area contributed by atoms with Crippen molar-refractivity contribution in [3.8, 4) is 11.5 Å². The van der Waals surface area contributed by atoms with Crippen LogP contribution in [0.1, 0.15) is 38.1 Å². The van der Waals surface area contributed by atoms with Crippen molar-refractivity contribution in [3.63, 3.8) is 0 Å². The van der Waals surface area contributed by atoms with Crippen LogP contribution in [-0.2, 0) is 4.74 Å². The molecule has 3 unspecified atom stereocenters. The van der Waals surface area contributed by atoms with E-state index < -0.39 is 0 Å². The molecule has 0 amide bonds. The molecule has 0 N–H and O–H groups in total. The van der Waals surface area contributed by atoms with E-state index in [9.17, 15) is 0 Å². The summed E-state index contributed by atoms with van der Waals surface area (Å²) in [4.78, 5) is 0. The van der Waals surface area contributed by atoms with Gasteiger partial charge in [0.25, 0.3) is 0 Å². The molecule has 0 aliphatic carbocycles. The average Bonchev–Trinajstić information content (AvgIpc) is 2.88. The monoisotopic (exact) mass is 332 g/mol. The predicted molar refractivity (Wildman–Crippen MR) is 85.9 cm³/mol. The minimum Gasteiger partial charge on any atom is -0.490 e. The number of hydrogen-bond acceptors (Lipinski definition) is 3. The fraction of sp³-hybridized carbons (Fsp3) is 0.625. The van der Waals surface area contributed by atoms with Crippen LogP contribution in [-0.4, -0.2) is 25.9 Å². The van der Waals surface area contributed by atoms with Crippen LogP contribution in [0.25, 0.3) is 0 Å². The second kappa shape index (κ2) is 7.57. The van der Waals surface area contributed by atoms with Crippen LogP contribution in [0.4, 0.5) is 0 Å². The Morgan fingerprint density at radius 2 is 1.86 bits per heavy atom. The Morgan fingerprint density at radius 3 is 2.38 bits per heavy atom. The Kier molecular flexibility index (Phi) is 6.03. The Bertz CT molecular complexity index is 479. The van der Waals surface area contributed by atoms with Gasteiger partial charge in [-0.25, -0.2) is 0 Å². The van der Waals surface area contributed by atoms with Gasteiger partial charge in [0.15, 0.2) is 11.5 Å². The lowest BCUT2D eigenvalue weighted by atomic mass is 9.96. The van der Waals surface area contributed by atoms with Crippen molar-refractivity contribution in [2.75, 3.05) is 19.8 Å². The number of halogens is 2. The molecule has 0 spiro atoms. The smallest absolute Gasteiger partial charge is 0.162 e. The first kappa shape index (κ1) is 16.7. The fourth-order valence-corrected chi connectivity index (χ4v) is 3.29. The third-order valence-electron chi connectivity index (χ3n) is 3.60. The Balaban J connectivity index is 2.27. The highest BCUT2D eigenvalue weighted by Crippen LogP contribution is 2.43. The number of ether oxygens (including phenoxy) is 3. The van der Waals surface area contributed by atoms with Crippen molar-refractivity contribution < 1.29 is 14.2 Å². The maximum Gasteiger partial charge on any atom is 0.162 e. The molecule has 1 saturated heterocycles. The minimum absolute atomic E-state index is 0.183. The zero-order valence-corrected chi connectivity index (χ0v) is 14.2. The van der Waals surface area contributed by atoms with Crippen LogP contribution >= 0.6 is 23.2 Å². The molecular formula is C16H22Cl2O3. The van der Waals surface area contributed by atoms with E-state index in [1.807, 2.05) is 19.9 Å². The first-order valence-electron chi connectivity index (χ1n) is 7.41. The quantitative estimate of drug-likeness (QED) is 0.697. The fourth-order valence-electron chi connectivity index (χ4n) is 2.61. The number of benzene rings is 1. The van der Waals surface area contributed by atoms with Crippen LogP contribution in [0.15, 0.2) is 12.1 Å². The van der Waals surface area contributed by atoms with Crippen LogP contribution in [0, 0.1) is 5.92 Å². The molecule has 1 aliphatic rings. The molecule has 1 aromatic carbocycles. The summed E-state index contributed by atoms with van der Waals surface area (Å²) in [5.74, 6) is 1.62. The minimum atomic E-state index is -0.183. The van der Waals surface area contributed by atoms with Gasteiger partial charge in [-0.1, -0.05) is 11.6 Å². The van der Waals surface area contributed by atoms with Crippen molar-refractivity contribution in [1.29, 1.82) is 0 Å². The molecule has 0 aromatic heterocycles. The number of hydrogen-bond donors (Lipinski definition) is 0. The molecule has 0 saturated carbocycles. The summed E-state index contributed by atoms with van der Waals surface area (Å²) in [5.41, 5.74) is 0.882. The summed E-state index contributed by atoms with van der Waals surface area (Å²) in [5, 5.41) is 0.429. The van der Waals surface area contributed by atoms with Gasteiger partial charge in [0.05, 0.1) is 31.3 Å². The lowest BCUT2D eigenvalue weighted by Crippen LogP contribution is -2.09. The van der Waals surface area contributed by atoms with Gasteiger partial charge in [-0.3, -0.25) is 0 Å². The van der Waals surface area contributed by atoms with Gasteiger partial charge in [0.1, 0.15) is 0 Å². The molecular weight excluding hydrogens is 311 g/mol. The van der Waals surface area contributed by atoms with Crippen molar-refractivity contribution in [1.82, 2.24) is 0 Å². The Hall–Kier alpha value is -0.640. The third kappa shape index (κ3) is 3.97. The molecule has 1 heterocycles. The van der Waals surface area contributed by atoms with Gasteiger partial charge >= 0.3 is 0 Å². The maximum absolute atomic E-state index is 6.62. The second-order valence-corrected chi connectivity index (χ2v) is 6.11. The lowest BCUT2D eigenvalue weighted by Gasteiger charge is -2.20. The highest BCUT2D eigenvalue weighted by atomic mass is 35.5. The van der Waals surface area contributed by atoms with E-state index in [0.717, 1.165) is 12.0 Å². The molecule has 118 valence electrons. The maximum atomic E-state index is 6.62. The standard InChI is InChI=1S/C16H22Cl2O3/c1-4-19-14-7-12(13(17)8-15(14)20-5-2)16(18)11-6-10(3)21-9-11/h7-8,10-11,16H,4-6,9H2,1-3H3. The van der Waals surface area contributed by atoms with E-state index in [2.05, 4.69) is 6.92 Å². The highest BCUT2D eigenvalue weighted by Gasteiger charge is 2.31. The first-order chi connectivity index (χ1) is 10.1. The molecule has 0 radical (unpaired) electrons. The summed E-state index contributed by atoms with van der Waals surface area (Å²) in [7, 11) is 0. The van der Waals surface area contributed by atoms with Crippen molar-refractivity contribution in [3.05, 3.63) is 22.7 Å². The Labute approximate surface area is 136 Å². The molecule has 1 aliphatic heterocycles. The third-order valence-corrected chi connectivity index (χ3v) is 4.52. The normalized spacial score (nSPS) is 23.1. The van der Waals surface area contributed by atoms with Gasteiger partial charge in [0, 0.05) is 17.0 Å². The van der Waals surface area contributed by atoms with Gasteiger partial charge in [-0.05, 0) is 38.8 Å². The summed E-state index contributed by atoms with van der Waals surface area (Å²) in [6, 6.07) is 3.69. The van der Waals surface area contributed by atoms with E-state index in [-0.39, 0.29) is 17.4 Å². The first-order valence-corrected chi connectivity index (χ1v) is 8.22. The zero-order valence-electron chi connectivity index (χ0n) is 12.7. The van der Waals surface area contributed by atoms with Crippen LogP contribution in [0.3, 0.4) is 0 Å². The SMILES string of the molecule is CCOc1cc(Cl)c(C(Cl)C2COC(C)C2)cc1OCC. The molecule has 3 nitrogen and oxygen atoms in total. The number of alkyl halides is 1. The summed E-state index contributed by atoms with van der Waals surface area (Å²) >= 11 is 13.0. The van der Waals surface area contributed by atoms with E-state index >= 15 is 0 Å². The summed E-state index contributed by atoms with van der Waals surface area (Å²) < 4.78 is 16.8. The van der Waals surface area contributed by atoms with Gasteiger partial charge in [0.2, 0.25) is 0 Å². The largest absolute Gasteiger partial charge is 0.490 e. The van der Waals surface area contributed by atoms with Crippen molar-refractivity contribution in [2.24, 2.45) is 5.92 Å².